The van der Waals surface area contributed by atoms with Gasteiger partial charge in [0.05, 0.1) is 36.5 Å². The van der Waals surface area contributed by atoms with Crippen molar-refractivity contribution in [3.63, 3.8) is 0 Å². The van der Waals surface area contributed by atoms with Gasteiger partial charge >= 0.3 is 0 Å². The number of methoxy groups -OCH3 is 2. The van der Waals surface area contributed by atoms with Crippen LogP contribution in [0.2, 0.25) is 0 Å². The Balaban J connectivity index is 1.65. The third-order valence-corrected chi connectivity index (χ3v) is 6.20. The van der Waals surface area contributed by atoms with Crippen molar-refractivity contribution in [1.82, 2.24) is 24.6 Å². The summed E-state index contributed by atoms with van der Waals surface area (Å²) in [5.41, 5.74) is 4.31. The monoisotopic (exact) mass is 520 g/mol. The van der Waals surface area contributed by atoms with E-state index in [9.17, 15) is 4.79 Å². The molecule has 4 rings (SSSR count). The van der Waals surface area contributed by atoms with E-state index in [1.807, 2.05) is 35.0 Å². The molecule has 2 heterocycles. The summed E-state index contributed by atoms with van der Waals surface area (Å²) in [4.78, 5) is 25.4. The lowest BCUT2D eigenvalue weighted by atomic mass is 10.2. The van der Waals surface area contributed by atoms with Gasteiger partial charge in [-0.15, -0.1) is 0 Å². The predicted octanol–water partition coefficient (Wildman–Crippen LogP) is 3.56. The van der Waals surface area contributed by atoms with Crippen molar-refractivity contribution >= 4 is 28.9 Å². The molecule has 1 aliphatic carbocycles. The first kappa shape index (κ1) is 27.1. The van der Waals surface area contributed by atoms with Gasteiger partial charge in [0.25, 0.3) is 0 Å². The Labute approximate surface area is 223 Å². The van der Waals surface area contributed by atoms with Crippen molar-refractivity contribution in [3.8, 4) is 11.6 Å². The molecule has 0 radical (unpaired) electrons. The molecule has 0 unspecified atom stereocenters. The maximum atomic E-state index is 12.2. The number of carbonyl (C=O) groups excluding carboxylic acids is 1. The number of hydrogen-bond donors (Lipinski definition) is 2. The maximum absolute atomic E-state index is 12.2. The number of likely N-dealkylation sites (N-methyl/N-ethyl adjacent to an activating group) is 1. The van der Waals surface area contributed by atoms with Crippen LogP contribution in [0.15, 0.2) is 43.2 Å². The van der Waals surface area contributed by atoms with E-state index in [1.54, 1.807) is 26.5 Å². The molecule has 0 atom stereocenters. The Morgan fingerprint density at radius 2 is 2.03 bits per heavy atom. The van der Waals surface area contributed by atoms with Crippen LogP contribution in [0.1, 0.15) is 30.0 Å². The summed E-state index contributed by atoms with van der Waals surface area (Å²) in [6.07, 6.45) is 7.32. The number of nitrogens with zero attached hydrogens (tertiary/aromatic N) is 6. The van der Waals surface area contributed by atoms with E-state index >= 15 is 0 Å². The fourth-order valence-electron chi connectivity index (χ4n) is 4.14. The molecule has 38 heavy (non-hydrogen) atoms. The SMILES string of the molecule is C=CC(=O)Nc1cc(Nc2nccc(-n3cc(CN(C)C)c(C4CC4)n3)n2)c(OC)cc1N(C)CCOC. The van der Waals surface area contributed by atoms with E-state index in [1.165, 1.54) is 24.5 Å². The molecule has 3 aromatic rings. The highest BCUT2D eigenvalue weighted by atomic mass is 16.5. The molecule has 0 spiro atoms. The molecule has 11 heteroatoms. The molecule has 1 amide bonds. The van der Waals surface area contributed by atoms with Crippen LogP contribution in [-0.4, -0.2) is 79.1 Å². The standard InChI is InChI=1S/C27H36N8O3/c1-7-25(36)29-20-14-21(23(38-6)15-22(20)34(4)12-13-37-5)30-27-28-11-10-24(31-27)35-17-19(16-33(2)3)26(32-35)18-8-9-18/h7,10-11,14-15,17-18H,1,8-9,12-13,16H2,2-6H3,(H,29,36)(H,28,30,31). The molecule has 0 aliphatic heterocycles. The highest BCUT2D eigenvalue weighted by molar-refractivity contribution is 6.02. The van der Waals surface area contributed by atoms with Gasteiger partial charge in [-0.25, -0.2) is 9.67 Å². The molecule has 1 aromatic carbocycles. The summed E-state index contributed by atoms with van der Waals surface area (Å²) in [5, 5.41) is 11.0. The Morgan fingerprint density at radius 1 is 1.24 bits per heavy atom. The van der Waals surface area contributed by atoms with Crippen molar-refractivity contribution in [2.24, 2.45) is 0 Å². The van der Waals surface area contributed by atoms with Crippen LogP contribution >= 0.6 is 0 Å². The Hall–Kier alpha value is -3.96. The van der Waals surface area contributed by atoms with Crippen molar-refractivity contribution < 1.29 is 14.3 Å². The van der Waals surface area contributed by atoms with Gasteiger partial charge in [0, 0.05) is 63.3 Å². The molecular weight excluding hydrogens is 484 g/mol. The smallest absolute Gasteiger partial charge is 0.247 e. The van der Waals surface area contributed by atoms with Gasteiger partial charge in [-0.2, -0.15) is 10.1 Å². The third-order valence-electron chi connectivity index (χ3n) is 6.20. The molecule has 0 saturated heterocycles. The largest absolute Gasteiger partial charge is 0.494 e. The molecule has 2 N–H and O–H groups in total. The average Bonchev–Trinajstić information content (AvgIpc) is 3.67. The van der Waals surface area contributed by atoms with Gasteiger partial charge in [0.1, 0.15) is 5.75 Å². The van der Waals surface area contributed by atoms with E-state index < -0.39 is 0 Å². The van der Waals surface area contributed by atoms with E-state index in [2.05, 4.69) is 41.2 Å². The molecule has 1 aliphatic rings. The second-order valence-corrected chi connectivity index (χ2v) is 9.54. The summed E-state index contributed by atoms with van der Waals surface area (Å²) >= 11 is 0. The molecule has 1 fully saturated rings. The second-order valence-electron chi connectivity index (χ2n) is 9.54. The molecule has 11 nitrogen and oxygen atoms in total. The van der Waals surface area contributed by atoms with E-state index in [-0.39, 0.29) is 5.91 Å². The zero-order valence-corrected chi connectivity index (χ0v) is 22.7. The lowest BCUT2D eigenvalue weighted by Gasteiger charge is -2.24. The summed E-state index contributed by atoms with van der Waals surface area (Å²) in [7, 11) is 9.27. The van der Waals surface area contributed by atoms with Crippen LogP contribution in [-0.2, 0) is 16.1 Å². The highest BCUT2D eigenvalue weighted by Crippen LogP contribution is 2.41. The Bertz CT molecular complexity index is 1290. The van der Waals surface area contributed by atoms with Gasteiger partial charge < -0.3 is 29.9 Å². The number of aromatic nitrogens is 4. The minimum absolute atomic E-state index is 0.320. The van der Waals surface area contributed by atoms with Gasteiger partial charge in [0.2, 0.25) is 11.9 Å². The van der Waals surface area contributed by atoms with E-state index in [0.717, 1.165) is 17.9 Å². The Morgan fingerprint density at radius 3 is 2.68 bits per heavy atom. The van der Waals surface area contributed by atoms with Crippen molar-refractivity contribution in [2.45, 2.75) is 25.3 Å². The predicted molar refractivity (Wildman–Crippen MR) is 149 cm³/mol. The third kappa shape index (κ3) is 6.48. The van der Waals surface area contributed by atoms with Gasteiger partial charge in [0.15, 0.2) is 5.82 Å². The lowest BCUT2D eigenvalue weighted by molar-refractivity contribution is -0.111. The van der Waals surface area contributed by atoms with Crippen molar-refractivity contribution in [2.75, 3.05) is 64.0 Å². The number of ether oxygens (including phenoxy) is 2. The van der Waals surface area contributed by atoms with Crippen LogP contribution < -0.4 is 20.3 Å². The number of nitrogens with one attached hydrogen (secondary N) is 2. The molecule has 1 saturated carbocycles. The van der Waals surface area contributed by atoms with Crippen LogP contribution in [0.5, 0.6) is 5.75 Å². The quantitative estimate of drug-likeness (QED) is 0.327. The minimum Gasteiger partial charge on any atom is -0.494 e. The first-order valence-corrected chi connectivity index (χ1v) is 12.5. The Kier molecular flexibility index (Phi) is 8.59. The zero-order chi connectivity index (χ0) is 27.2. The number of carbonyl (C=O) groups is 1. The summed E-state index contributed by atoms with van der Waals surface area (Å²) in [5.74, 6) is 1.81. The van der Waals surface area contributed by atoms with Gasteiger partial charge in [-0.05, 0) is 39.1 Å². The van der Waals surface area contributed by atoms with Crippen LogP contribution in [0.25, 0.3) is 5.82 Å². The zero-order valence-electron chi connectivity index (χ0n) is 22.7. The first-order chi connectivity index (χ1) is 18.3. The lowest BCUT2D eigenvalue weighted by Crippen LogP contribution is -2.24. The fraction of sp³-hybridized carbons (Fsp3) is 0.407. The normalized spacial score (nSPS) is 12.9. The topological polar surface area (TPSA) is 110 Å². The number of hydrogen-bond acceptors (Lipinski definition) is 9. The summed E-state index contributed by atoms with van der Waals surface area (Å²) < 4.78 is 12.7. The minimum atomic E-state index is -0.320. The molecule has 2 aromatic heterocycles. The summed E-state index contributed by atoms with van der Waals surface area (Å²) in [6.45, 7) is 5.54. The first-order valence-electron chi connectivity index (χ1n) is 12.5. The number of rotatable bonds is 13. The summed E-state index contributed by atoms with van der Waals surface area (Å²) in [6, 6.07) is 5.47. The second kappa shape index (κ2) is 12.1. The molecule has 0 bridgehead atoms. The maximum Gasteiger partial charge on any atom is 0.247 e. The van der Waals surface area contributed by atoms with Gasteiger partial charge in [-0.3, -0.25) is 4.79 Å². The van der Waals surface area contributed by atoms with Gasteiger partial charge in [-0.1, -0.05) is 6.58 Å². The van der Waals surface area contributed by atoms with Crippen LogP contribution in [0.3, 0.4) is 0 Å². The number of amides is 1. The fourth-order valence-corrected chi connectivity index (χ4v) is 4.14. The highest BCUT2D eigenvalue weighted by Gasteiger charge is 2.29. The van der Waals surface area contributed by atoms with E-state index in [4.69, 9.17) is 19.6 Å². The van der Waals surface area contributed by atoms with Crippen LogP contribution in [0, 0.1) is 0 Å². The van der Waals surface area contributed by atoms with Crippen LogP contribution in [0.4, 0.5) is 23.0 Å². The average molecular weight is 521 g/mol. The molecular formula is C27H36N8O3. The van der Waals surface area contributed by atoms with Crippen molar-refractivity contribution in [1.29, 1.82) is 0 Å². The number of anilines is 4. The van der Waals surface area contributed by atoms with Crippen molar-refractivity contribution in [3.05, 3.63) is 54.5 Å². The number of benzene rings is 1. The molecule has 202 valence electrons. The van der Waals surface area contributed by atoms with E-state index in [0.29, 0.717) is 48.0 Å².